The van der Waals surface area contributed by atoms with Gasteiger partial charge in [0.1, 0.15) is 0 Å². The normalized spacial score (nSPS) is 14.0. The van der Waals surface area contributed by atoms with Crippen LogP contribution in [0.2, 0.25) is 0 Å². The third-order valence-electron chi connectivity index (χ3n) is 25.6. The van der Waals surface area contributed by atoms with E-state index >= 15 is 0 Å². The Balaban J connectivity index is 0.998. The molecule has 0 aliphatic heterocycles. The summed E-state index contributed by atoms with van der Waals surface area (Å²) >= 11 is 0. The number of hydrogen-bond acceptors (Lipinski definition) is 2. The predicted molar refractivity (Wildman–Crippen MR) is 458 cm³/mol. The second kappa shape index (κ2) is 41.9. The number of hydrogen-bond donors (Lipinski definition) is 2. The molecule has 0 aromatic heterocycles. The molecule has 0 radical (unpaired) electrons. The quantitative estimate of drug-likeness (QED) is 0.0371. The van der Waals surface area contributed by atoms with Crippen molar-refractivity contribution >= 4 is 0 Å². The van der Waals surface area contributed by atoms with Gasteiger partial charge in [-0.25, -0.2) is 0 Å². The molecule has 0 saturated heterocycles. The Hall–Kier alpha value is -6.32. The topological polar surface area (TPSA) is 24.1 Å². The molecule has 2 N–H and O–H groups in total. The molecule has 11 rings (SSSR count). The maximum atomic E-state index is 3.87. The Morgan fingerprint density at radius 3 is 0.629 bits per heavy atom. The second-order valence-corrected chi connectivity index (χ2v) is 33.3. The zero-order valence-corrected chi connectivity index (χ0v) is 67.2. The van der Waals surface area contributed by atoms with Gasteiger partial charge in [-0.15, -0.1) is 0 Å². The Kier molecular flexibility index (Phi) is 31.8. The van der Waals surface area contributed by atoms with Crippen LogP contribution in [0.3, 0.4) is 0 Å². The van der Waals surface area contributed by atoms with Gasteiger partial charge in [0.05, 0.1) is 0 Å². The van der Waals surface area contributed by atoms with E-state index < -0.39 is 0 Å². The van der Waals surface area contributed by atoms with Gasteiger partial charge in [0.2, 0.25) is 0 Å². The van der Waals surface area contributed by atoms with Crippen molar-refractivity contribution in [3.63, 3.8) is 0 Å². The molecule has 0 fully saturated rings. The summed E-state index contributed by atoms with van der Waals surface area (Å²) in [7, 11) is 0. The Labute approximate surface area is 641 Å². The van der Waals surface area contributed by atoms with Crippen LogP contribution in [0.15, 0.2) is 170 Å². The maximum absolute atomic E-state index is 3.87. The van der Waals surface area contributed by atoms with Crippen LogP contribution in [0.5, 0.6) is 0 Å². The summed E-state index contributed by atoms with van der Waals surface area (Å²) in [6.07, 6.45) is 55.0. The highest BCUT2D eigenvalue weighted by atomic mass is 14.9. The van der Waals surface area contributed by atoms with Gasteiger partial charge in [-0.1, -0.05) is 418 Å². The lowest BCUT2D eigenvalue weighted by molar-refractivity contribution is 0.397. The highest BCUT2D eigenvalue weighted by Gasteiger charge is 2.46. The van der Waals surface area contributed by atoms with Crippen molar-refractivity contribution in [3.8, 4) is 55.6 Å². The van der Waals surface area contributed by atoms with Crippen LogP contribution < -0.4 is 10.6 Å². The minimum atomic E-state index is -0.0688. The van der Waals surface area contributed by atoms with Gasteiger partial charge >= 0.3 is 0 Å². The van der Waals surface area contributed by atoms with E-state index in [1.165, 1.54) is 348 Å². The lowest BCUT2D eigenvalue weighted by Crippen LogP contribution is -2.26. The number of benzene rings is 8. The molecule has 105 heavy (non-hydrogen) atoms. The molecule has 0 heterocycles. The molecule has 3 aliphatic carbocycles. The molecule has 0 saturated carbocycles. The van der Waals surface area contributed by atoms with Gasteiger partial charge < -0.3 is 10.6 Å². The Bertz CT molecular complexity index is 3580. The highest BCUT2D eigenvalue weighted by Crippen LogP contribution is 2.60. The largest absolute Gasteiger partial charge is 0.309 e. The first-order valence-electron chi connectivity index (χ1n) is 44.2. The summed E-state index contributed by atoms with van der Waals surface area (Å²) in [4.78, 5) is 0. The first kappa shape index (κ1) is 79.7. The standard InChI is InChI=1S/C103H140N2/c1-7-13-19-25-31-43-65-101(66-44-32-26-20-14-8-2)95-71-83(79-104-77-81-49-39-37-40-50-81)53-59-89(95)91-61-55-85(73-97(91)101)87-57-63-93-94-64-58-88(76-100(94)103(99(93)75-87,69-47-35-29-23-17-11-5)70-48-36-30-24-18-12-6)86-56-62-92-90-60-54-84(80-105-78-82-51-41-38-42-52-82)72-96(90)102(98(92)74-86,67-45-33-27-21-15-9-3)68-46-34-28-22-16-10-4/h37-42,49-64,71-76,104-105H,7-36,43-48,65-70,77-80H2,1-6H3. The second-order valence-electron chi connectivity index (χ2n) is 33.3. The Morgan fingerprint density at radius 2 is 0.390 bits per heavy atom. The molecule has 0 atom stereocenters. The van der Waals surface area contributed by atoms with Crippen molar-refractivity contribution < 1.29 is 0 Å². The smallest absolute Gasteiger partial charge is 0.0215 e. The van der Waals surface area contributed by atoms with E-state index in [1.807, 2.05) is 0 Å². The summed E-state index contributed by atoms with van der Waals surface area (Å²) in [5.74, 6) is 0. The van der Waals surface area contributed by atoms with Crippen LogP contribution in [0, 0.1) is 0 Å². The van der Waals surface area contributed by atoms with Crippen LogP contribution in [-0.2, 0) is 42.4 Å². The summed E-state index contributed by atoms with van der Waals surface area (Å²) in [6.45, 7) is 17.7. The number of fused-ring (bicyclic) bond motifs is 9. The van der Waals surface area contributed by atoms with Crippen molar-refractivity contribution in [2.24, 2.45) is 0 Å². The fourth-order valence-corrected chi connectivity index (χ4v) is 19.6. The Morgan fingerprint density at radius 1 is 0.190 bits per heavy atom. The van der Waals surface area contributed by atoms with Crippen LogP contribution in [0.25, 0.3) is 55.6 Å². The van der Waals surface area contributed by atoms with Gasteiger partial charge in [-0.3, -0.25) is 0 Å². The monoisotopic (exact) mass is 1410 g/mol. The van der Waals surface area contributed by atoms with E-state index in [4.69, 9.17) is 0 Å². The molecular formula is C103H140N2. The highest BCUT2D eigenvalue weighted by molar-refractivity contribution is 5.90. The molecule has 8 aromatic carbocycles. The SMILES string of the molecule is CCCCCCCCC1(CCCCCCCC)c2cc(CNCc3ccccc3)ccc2-c2ccc(-c3ccc4c(c3)C(CCCCCCCC)(CCCCCCCC)c3cc(-c5ccc6c(c5)C(CCCCCCCC)(CCCCCCCC)c5cc(CNCc7ccccc7)ccc5-6)ccc3-4)cc21. The molecular weight excluding hydrogens is 1270 g/mol. The number of nitrogens with one attached hydrogen (secondary N) is 2. The third-order valence-corrected chi connectivity index (χ3v) is 25.6. The molecule has 2 nitrogen and oxygen atoms in total. The van der Waals surface area contributed by atoms with E-state index in [0.29, 0.717) is 0 Å². The van der Waals surface area contributed by atoms with E-state index in [-0.39, 0.29) is 16.2 Å². The molecule has 0 amide bonds. The fraction of sp³-hybridized carbons (Fsp3) is 0.534. The van der Waals surface area contributed by atoms with Gasteiger partial charge in [0, 0.05) is 42.4 Å². The zero-order chi connectivity index (χ0) is 72.8. The number of rotatable bonds is 52. The minimum absolute atomic E-state index is 0.0140. The van der Waals surface area contributed by atoms with Gasteiger partial charge in [0.15, 0.2) is 0 Å². The van der Waals surface area contributed by atoms with Gasteiger partial charge in [-0.2, -0.15) is 0 Å². The summed E-state index contributed by atoms with van der Waals surface area (Å²) in [5, 5.41) is 7.74. The first-order chi connectivity index (χ1) is 51.8. The van der Waals surface area contributed by atoms with Crippen LogP contribution in [0.4, 0.5) is 0 Å². The number of unbranched alkanes of at least 4 members (excludes halogenated alkanes) is 30. The summed E-state index contributed by atoms with van der Waals surface area (Å²) < 4.78 is 0. The predicted octanol–water partition coefficient (Wildman–Crippen LogP) is 30.9. The van der Waals surface area contributed by atoms with Gasteiger partial charge in [0.25, 0.3) is 0 Å². The molecule has 0 unspecified atom stereocenters. The minimum Gasteiger partial charge on any atom is -0.309 e. The van der Waals surface area contributed by atoms with Crippen LogP contribution in [0.1, 0.15) is 367 Å². The molecule has 562 valence electrons. The summed E-state index contributed by atoms with van der Waals surface area (Å²) in [6, 6.07) is 69.0. The zero-order valence-electron chi connectivity index (χ0n) is 67.2. The van der Waals surface area contributed by atoms with E-state index in [9.17, 15) is 0 Å². The van der Waals surface area contributed by atoms with Gasteiger partial charge in [-0.05, 0) is 174 Å². The van der Waals surface area contributed by atoms with Crippen LogP contribution >= 0.6 is 0 Å². The fourth-order valence-electron chi connectivity index (χ4n) is 19.6. The van der Waals surface area contributed by atoms with E-state index in [1.54, 1.807) is 33.4 Å². The van der Waals surface area contributed by atoms with Crippen LogP contribution in [-0.4, -0.2) is 0 Å². The average molecular weight is 1410 g/mol. The third kappa shape index (κ3) is 20.3. The van der Waals surface area contributed by atoms with Crippen molar-refractivity contribution in [2.75, 3.05) is 0 Å². The van der Waals surface area contributed by atoms with Crippen molar-refractivity contribution in [2.45, 2.75) is 354 Å². The first-order valence-corrected chi connectivity index (χ1v) is 44.2. The summed E-state index contributed by atoms with van der Waals surface area (Å²) in [5.41, 5.74) is 29.7. The lowest BCUT2D eigenvalue weighted by Gasteiger charge is -2.34. The van der Waals surface area contributed by atoms with Crippen molar-refractivity contribution in [1.29, 1.82) is 0 Å². The molecule has 2 heteroatoms. The molecule has 3 aliphatic rings. The van der Waals surface area contributed by atoms with E-state index in [0.717, 1.165) is 26.2 Å². The average Bonchev–Trinajstić information content (AvgIpc) is 1.58. The van der Waals surface area contributed by atoms with E-state index in [2.05, 4.69) is 222 Å². The molecule has 0 bridgehead atoms. The molecule has 8 aromatic rings. The van der Waals surface area contributed by atoms with Crippen molar-refractivity contribution in [3.05, 3.63) is 225 Å². The van der Waals surface area contributed by atoms with Crippen molar-refractivity contribution in [1.82, 2.24) is 10.6 Å². The lowest BCUT2D eigenvalue weighted by atomic mass is 9.69. The maximum Gasteiger partial charge on any atom is 0.0215 e. The molecule has 0 spiro atoms.